The first-order valence-electron chi connectivity index (χ1n) is 8.61. The number of nitrogens with one attached hydrogen (secondary N) is 2. The standard InChI is InChI=1S/C22H20N2O2S/c1-16(17-8-3-2-4-9-17)23-22(26)19-11-5-6-12-20(19)24-21(25)14-13-18-10-7-15-27-18/h2-16H,1H3,(H,23,26)(H,24,25)/b14-13+. The summed E-state index contributed by atoms with van der Waals surface area (Å²) in [6, 6.07) is 20.4. The molecule has 27 heavy (non-hydrogen) atoms. The van der Waals surface area contributed by atoms with Crippen molar-refractivity contribution >= 4 is 34.9 Å². The summed E-state index contributed by atoms with van der Waals surface area (Å²) in [4.78, 5) is 25.9. The predicted octanol–water partition coefficient (Wildman–Crippen LogP) is 4.89. The Morgan fingerprint density at radius 3 is 2.44 bits per heavy atom. The van der Waals surface area contributed by atoms with Gasteiger partial charge in [-0.1, -0.05) is 48.5 Å². The van der Waals surface area contributed by atoms with Crippen LogP contribution < -0.4 is 10.6 Å². The first-order chi connectivity index (χ1) is 13.1. The largest absolute Gasteiger partial charge is 0.345 e. The fraction of sp³-hybridized carbons (Fsp3) is 0.0909. The summed E-state index contributed by atoms with van der Waals surface area (Å²) in [5.74, 6) is -0.510. The number of hydrogen-bond donors (Lipinski definition) is 2. The molecule has 4 nitrogen and oxygen atoms in total. The highest BCUT2D eigenvalue weighted by Crippen LogP contribution is 2.18. The number of hydrogen-bond acceptors (Lipinski definition) is 3. The maximum atomic E-state index is 12.7. The minimum atomic E-state index is -0.278. The number of thiophene rings is 1. The Morgan fingerprint density at radius 1 is 0.963 bits per heavy atom. The predicted molar refractivity (Wildman–Crippen MR) is 111 cm³/mol. The lowest BCUT2D eigenvalue weighted by atomic mass is 10.1. The molecule has 1 heterocycles. The normalized spacial score (nSPS) is 11.9. The number of rotatable bonds is 6. The van der Waals surface area contributed by atoms with E-state index in [1.807, 2.05) is 54.8 Å². The SMILES string of the molecule is CC(NC(=O)c1ccccc1NC(=O)/C=C/c1cccs1)c1ccccc1. The van der Waals surface area contributed by atoms with E-state index in [9.17, 15) is 9.59 Å². The summed E-state index contributed by atoms with van der Waals surface area (Å²) in [6.45, 7) is 1.93. The van der Waals surface area contributed by atoms with E-state index in [4.69, 9.17) is 0 Å². The lowest BCUT2D eigenvalue weighted by Crippen LogP contribution is -2.27. The molecule has 0 aliphatic carbocycles. The van der Waals surface area contributed by atoms with Gasteiger partial charge in [0.25, 0.3) is 5.91 Å². The van der Waals surface area contributed by atoms with Gasteiger partial charge in [0, 0.05) is 11.0 Å². The first-order valence-corrected chi connectivity index (χ1v) is 9.49. The third-order valence-corrected chi connectivity index (χ3v) is 4.86. The van der Waals surface area contributed by atoms with Gasteiger partial charge in [0.2, 0.25) is 5.91 Å². The molecule has 0 saturated heterocycles. The van der Waals surface area contributed by atoms with E-state index in [1.165, 1.54) is 6.08 Å². The third-order valence-electron chi connectivity index (χ3n) is 4.02. The zero-order chi connectivity index (χ0) is 19.1. The minimum absolute atomic E-state index is 0.138. The summed E-state index contributed by atoms with van der Waals surface area (Å²) in [5.41, 5.74) is 1.93. The van der Waals surface area contributed by atoms with Gasteiger partial charge in [-0.25, -0.2) is 0 Å². The van der Waals surface area contributed by atoms with E-state index in [0.29, 0.717) is 11.3 Å². The molecule has 2 aromatic carbocycles. The topological polar surface area (TPSA) is 58.2 Å². The second kappa shape index (κ2) is 8.96. The van der Waals surface area contributed by atoms with Gasteiger partial charge in [0.1, 0.15) is 0 Å². The molecule has 2 N–H and O–H groups in total. The Balaban J connectivity index is 1.69. The van der Waals surface area contributed by atoms with Crippen LogP contribution in [0.25, 0.3) is 6.08 Å². The van der Waals surface area contributed by atoms with Crippen molar-refractivity contribution in [1.82, 2.24) is 5.32 Å². The van der Waals surface area contributed by atoms with E-state index < -0.39 is 0 Å². The van der Waals surface area contributed by atoms with Gasteiger partial charge in [-0.3, -0.25) is 9.59 Å². The van der Waals surface area contributed by atoms with E-state index in [0.717, 1.165) is 10.4 Å². The van der Waals surface area contributed by atoms with Crippen LogP contribution in [0.5, 0.6) is 0 Å². The lowest BCUT2D eigenvalue weighted by molar-refractivity contribution is -0.111. The van der Waals surface area contributed by atoms with E-state index >= 15 is 0 Å². The second-order valence-electron chi connectivity index (χ2n) is 5.99. The number of anilines is 1. The summed E-state index contributed by atoms with van der Waals surface area (Å²) < 4.78 is 0. The number of amides is 2. The van der Waals surface area contributed by atoms with Crippen LogP contribution in [0.4, 0.5) is 5.69 Å². The van der Waals surface area contributed by atoms with Crippen LogP contribution in [-0.2, 0) is 4.79 Å². The Labute approximate surface area is 162 Å². The smallest absolute Gasteiger partial charge is 0.253 e. The van der Waals surface area contributed by atoms with Crippen molar-refractivity contribution in [2.75, 3.05) is 5.32 Å². The van der Waals surface area contributed by atoms with Crippen LogP contribution in [0.15, 0.2) is 78.2 Å². The molecule has 136 valence electrons. The Morgan fingerprint density at radius 2 is 1.70 bits per heavy atom. The van der Waals surface area contributed by atoms with Gasteiger partial charge >= 0.3 is 0 Å². The van der Waals surface area contributed by atoms with Crippen molar-refractivity contribution in [3.8, 4) is 0 Å². The van der Waals surface area contributed by atoms with Gasteiger partial charge in [0.05, 0.1) is 17.3 Å². The molecule has 0 saturated carbocycles. The summed E-state index contributed by atoms with van der Waals surface area (Å²) >= 11 is 1.55. The van der Waals surface area contributed by atoms with Gasteiger partial charge in [-0.15, -0.1) is 11.3 Å². The van der Waals surface area contributed by atoms with Crippen molar-refractivity contribution < 1.29 is 9.59 Å². The van der Waals surface area contributed by atoms with Crippen LogP contribution in [0, 0.1) is 0 Å². The van der Waals surface area contributed by atoms with E-state index in [2.05, 4.69) is 10.6 Å². The monoisotopic (exact) mass is 376 g/mol. The Bertz CT molecular complexity index is 934. The second-order valence-corrected chi connectivity index (χ2v) is 6.97. The number of carbonyl (C=O) groups is 2. The molecule has 3 aromatic rings. The van der Waals surface area contributed by atoms with E-state index in [1.54, 1.807) is 41.7 Å². The van der Waals surface area contributed by atoms with Crippen LogP contribution in [0.1, 0.15) is 33.8 Å². The van der Waals surface area contributed by atoms with Crippen LogP contribution in [0.2, 0.25) is 0 Å². The number of para-hydroxylation sites is 1. The molecule has 2 amide bonds. The molecule has 0 aliphatic rings. The molecular weight excluding hydrogens is 356 g/mol. The Kier molecular flexibility index (Phi) is 6.18. The van der Waals surface area contributed by atoms with Crippen LogP contribution in [-0.4, -0.2) is 11.8 Å². The van der Waals surface area contributed by atoms with Crippen molar-refractivity contribution in [2.24, 2.45) is 0 Å². The molecule has 0 bridgehead atoms. The molecular formula is C22H20N2O2S. The fourth-order valence-electron chi connectivity index (χ4n) is 2.61. The third kappa shape index (κ3) is 5.15. The zero-order valence-corrected chi connectivity index (χ0v) is 15.7. The average Bonchev–Trinajstić information content (AvgIpc) is 3.21. The van der Waals surface area contributed by atoms with Gasteiger partial charge < -0.3 is 10.6 Å². The first kappa shape index (κ1) is 18.6. The van der Waals surface area contributed by atoms with Gasteiger partial charge in [-0.05, 0) is 42.1 Å². The molecule has 3 rings (SSSR count). The molecule has 1 aromatic heterocycles. The highest BCUT2D eigenvalue weighted by molar-refractivity contribution is 7.10. The van der Waals surface area contributed by atoms with Crippen molar-refractivity contribution in [3.05, 3.63) is 94.2 Å². The molecule has 0 aliphatic heterocycles. The molecule has 1 atom stereocenters. The van der Waals surface area contributed by atoms with Crippen LogP contribution >= 0.6 is 11.3 Å². The maximum absolute atomic E-state index is 12.7. The summed E-state index contributed by atoms with van der Waals surface area (Å²) in [6.07, 6.45) is 3.22. The average molecular weight is 376 g/mol. The highest BCUT2D eigenvalue weighted by Gasteiger charge is 2.15. The quantitative estimate of drug-likeness (QED) is 0.602. The molecule has 0 radical (unpaired) electrons. The van der Waals surface area contributed by atoms with Gasteiger partial charge in [-0.2, -0.15) is 0 Å². The highest BCUT2D eigenvalue weighted by atomic mass is 32.1. The number of carbonyl (C=O) groups excluding carboxylic acids is 2. The Hall–Kier alpha value is -3.18. The molecule has 1 unspecified atom stereocenters. The fourth-order valence-corrected chi connectivity index (χ4v) is 3.23. The summed E-state index contributed by atoms with van der Waals surface area (Å²) in [5, 5.41) is 7.71. The van der Waals surface area contributed by atoms with Crippen molar-refractivity contribution in [1.29, 1.82) is 0 Å². The van der Waals surface area contributed by atoms with E-state index in [-0.39, 0.29) is 17.9 Å². The lowest BCUT2D eigenvalue weighted by Gasteiger charge is -2.16. The minimum Gasteiger partial charge on any atom is -0.345 e. The zero-order valence-electron chi connectivity index (χ0n) is 14.9. The molecule has 0 spiro atoms. The number of benzene rings is 2. The van der Waals surface area contributed by atoms with Crippen LogP contribution in [0.3, 0.4) is 0 Å². The molecule has 0 fully saturated rings. The summed E-state index contributed by atoms with van der Waals surface area (Å²) in [7, 11) is 0. The molecule has 5 heteroatoms. The van der Waals surface area contributed by atoms with Crippen molar-refractivity contribution in [3.63, 3.8) is 0 Å². The maximum Gasteiger partial charge on any atom is 0.253 e. The van der Waals surface area contributed by atoms with Gasteiger partial charge in [0.15, 0.2) is 0 Å². The van der Waals surface area contributed by atoms with Crippen molar-refractivity contribution in [2.45, 2.75) is 13.0 Å².